The summed E-state index contributed by atoms with van der Waals surface area (Å²) in [6, 6.07) is 61.7. The molecule has 4 aromatic heterocycles. The molecule has 8 aromatic carbocycles. The lowest BCUT2D eigenvalue weighted by molar-refractivity contribution is 0.669. The number of hydrogen-bond donors (Lipinski definition) is 0. The van der Waals surface area contributed by atoms with Crippen LogP contribution in [-0.4, -0.2) is 24.9 Å². The van der Waals surface area contributed by atoms with Crippen LogP contribution in [-0.2, 0) is 0 Å². The van der Waals surface area contributed by atoms with E-state index in [2.05, 4.69) is 95.8 Å². The Morgan fingerprint density at radius 2 is 0.889 bits per heavy atom. The normalized spacial score (nSPS) is 11.5. The highest BCUT2D eigenvalue weighted by molar-refractivity contribution is 6.22. The van der Waals surface area contributed by atoms with E-state index in [0.29, 0.717) is 23.2 Å². The average Bonchev–Trinajstić information content (AvgIpc) is 3.74. The fourth-order valence-corrected chi connectivity index (χ4v) is 8.78. The van der Waals surface area contributed by atoms with Crippen molar-refractivity contribution in [2.24, 2.45) is 0 Å². The summed E-state index contributed by atoms with van der Waals surface area (Å²) in [4.78, 5) is 28.8. The van der Waals surface area contributed by atoms with Crippen LogP contribution in [0, 0.1) is 6.57 Å². The summed E-state index contributed by atoms with van der Waals surface area (Å²) >= 11 is 0. The molecule has 0 aliphatic carbocycles. The molecule has 63 heavy (non-hydrogen) atoms. The number of hydrogen-bond acceptors (Lipinski definition) is 6. The van der Waals surface area contributed by atoms with Crippen molar-refractivity contribution in [2.45, 2.75) is 0 Å². The van der Waals surface area contributed by atoms with Crippen molar-refractivity contribution in [3.63, 3.8) is 0 Å². The zero-order chi connectivity index (χ0) is 41.9. The minimum absolute atomic E-state index is 0.558. The summed E-state index contributed by atoms with van der Waals surface area (Å²) in [7, 11) is 0. The molecule has 0 aliphatic heterocycles. The summed E-state index contributed by atoms with van der Waals surface area (Å²) in [5, 5.41) is 6.40. The Morgan fingerprint density at radius 1 is 0.349 bits per heavy atom. The average molecular weight is 805 g/mol. The molecule has 292 valence electrons. The molecular formula is C56H32N6O. The first kappa shape index (κ1) is 36.0. The zero-order valence-corrected chi connectivity index (χ0v) is 33.6. The molecule has 0 N–H and O–H groups in total. The second-order valence-electron chi connectivity index (χ2n) is 15.5. The number of furan rings is 1. The molecule has 0 amide bonds. The van der Waals surface area contributed by atoms with Gasteiger partial charge in [0.05, 0.1) is 17.6 Å². The summed E-state index contributed by atoms with van der Waals surface area (Å²) in [6.07, 6.45) is 3.71. The fourth-order valence-electron chi connectivity index (χ4n) is 8.78. The van der Waals surface area contributed by atoms with Gasteiger partial charge in [-0.2, -0.15) is 0 Å². The first-order valence-corrected chi connectivity index (χ1v) is 20.7. The van der Waals surface area contributed by atoms with E-state index in [1.165, 1.54) is 0 Å². The highest BCUT2D eigenvalue weighted by Crippen LogP contribution is 2.42. The second kappa shape index (κ2) is 14.7. The molecule has 0 saturated carbocycles. The molecule has 4 heterocycles. The third-order valence-corrected chi connectivity index (χ3v) is 11.8. The smallest absolute Gasteiger partial charge is 0.187 e. The number of fused-ring (bicyclic) bond motifs is 8. The van der Waals surface area contributed by atoms with Crippen LogP contribution < -0.4 is 0 Å². The van der Waals surface area contributed by atoms with E-state index in [0.717, 1.165) is 105 Å². The number of aromatic nitrogens is 5. The number of pyridine rings is 2. The van der Waals surface area contributed by atoms with Crippen LogP contribution in [0.2, 0.25) is 0 Å². The maximum Gasteiger partial charge on any atom is 0.187 e. The van der Waals surface area contributed by atoms with E-state index in [-0.39, 0.29) is 0 Å². The number of para-hydroxylation sites is 1. The lowest BCUT2D eigenvalue weighted by Crippen LogP contribution is -2.00. The van der Waals surface area contributed by atoms with Crippen LogP contribution in [0.4, 0.5) is 5.69 Å². The summed E-state index contributed by atoms with van der Waals surface area (Å²) < 4.78 is 6.27. The topological polar surface area (TPSA) is 82.0 Å². The van der Waals surface area contributed by atoms with Crippen molar-refractivity contribution in [1.82, 2.24) is 24.9 Å². The van der Waals surface area contributed by atoms with Gasteiger partial charge in [-0.1, -0.05) is 127 Å². The van der Waals surface area contributed by atoms with E-state index >= 15 is 0 Å². The molecule has 0 atom stereocenters. The molecule has 0 unspecified atom stereocenters. The van der Waals surface area contributed by atoms with Crippen molar-refractivity contribution < 1.29 is 4.42 Å². The second-order valence-corrected chi connectivity index (χ2v) is 15.5. The fraction of sp³-hybridized carbons (Fsp3) is 0. The van der Waals surface area contributed by atoms with Gasteiger partial charge in [0.1, 0.15) is 11.2 Å². The Bertz CT molecular complexity index is 3810. The van der Waals surface area contributed by atoms with Gasteiger partial charge >= 0.3 is 0 Å². The van der Waals surface area contributed by atoms with Crippen LogP contribution in [0.3, 0.4) is 0 Å². The van der Waals surface area contributed by atoms with Crippen LogP contribution in [0.1, 0.15) is 0 Å². The number of rotatable bonds is 6. The zero-order valence-electron chi connectivity index (χ0n) is 33.6. The quantitative estimate of drug-likeness (QED) is 0.123. The SMILES string of the molecule is [C-]#[N+]c1cccc(-c2ccc(-c3cc4c5cccnc5c(-c5cccc(-c6nc(-c7ccccc7)nc(-c7ccc8c(c7)oc7ccccc78)n6)c5)cc4c4cccnc34)cc2)c1. The Kier molecular flexibility index (Phi) is 8.41. The van der Waals surface area contributed by atoms with Gasteiger partial charge in [-0.05, 0) is 87.6 Å². The Morgan fingerprint density at radius 3 is 1.62 bits per heavy atom. The first-order valence-electron chi connectivity index (χ1n) is 20.7. The van der Waals surface area contributed by atoms with Gasteiger partial charge in [0.2, 0.25) is 0 Å². The molecule has 7 heteroatoms. The van der Waals surface area contributed by atoms with Gasteiger partial charge in [-0.15, -0.1) is 0 Å². The molecule has 12 aromatic rings. The standard InChI is InChI=1S/C56H32N6O/c1-57-41-16-8-13-37(30-41)34-21-23-35(24-22-34)46-32-48-45-19-10-28-59-53(45)47(33-49(48)44-18-9-27-58-52(44)46)38-14-7-15-39(29-38)55-60-54(36-11-3-2-4-12-36)61-56(62-55)40-25-26-43-42-17-5-6-20-50(42)63-51(43)31-40/h2-33H. The van der Waals surface area contributed by atoms with Gasteiger partial charge in [0.15, 0.2) is 23.2 Å². The van der Waals surface area contributed by atoms with Gasteiger partial charge < -0.3 is 4.42 Å². The van der Waals surface area contributed by atoms with E-state index < -0.39 is 0 Å². The highest BCUT2D eigenvalue weighted by Gasteiger charge is 2.19. The lowest BCUT2D eigenvalue weighted by Gasteiger charge is -2.15. The Hall–Kier alpha value is -8.86. The molecular weight excluding hydrogens is 773 g/mol. The van der Waals surface area contributed by atoms with Crippen molar-refractivity contribution >= 4 is 60.2 Å². The van der Waals surface area contributed by atoms with Crippen molar-refractivity contribution in [3.8, 4) is 67.5 Å². The highest BCUT2D eigenvalue weighted by atomic mass is 16.3. The van der Waals surface area contributed by atoms with E-state index in [4.69, 9.17) is 35.9 Å². The summed E-state index contributed by atoms with van der Waals surface area (Å²) in [5.74, 6) is 1.71. The van der Waals surface area contributed by atoms with E-state index in [9.17, 15) is 0 Å². The molecule has 7 nitrogen and oxygen atoms in total. The van der Waals surface area contributed by atoms with Crippen molar-refractivity contribution in [3.05, 3.63) is 206 Å². The van der Waals surface area contributed by atoms with Crippen LogP contribution in [0.15, 0.2) is 199 Å². The predicted octanol–water partition coefficient (Wildman–Crippen LogP) is 14.6. The van der Waals surface area contributed by atoms with Crippen molar-refractivity contribution in [2.75, 3.05) is 0 Å². The van der Waals surface area contributed by atoms with E-state index in [1.807, 2.05) is 103 Å². The van der Waals surface area contributed by atoms with Gasteiger partial charge in [0.25, 0.3) is 0 Å². The maximum atomic E-state index is 7.46. The molecule has 0 fully saturated rings. The molecule has 0 spiro atoms. The Labute approximate surface area is 361 Å². The maximum absolute atomic E-state index is 7.46. The molecule has 0 bridgehead atoms. The Balaban J connectivity index is 0.997. The first-order chi connectivity index (χ1) is 31.1. The van der Waals surface area contributed by atoms with Gasteiger partial charge in [0, 0.05) is 61.8 Å². The number of nitrogens with zero attached hydrogens (tertiary/aromatic N) is 6. The molecule has 0 saturated heterocycles. The summed E-state index contributed by atoms with van der Waals surface area (Å²) in [6.45, 7) is 7.46. The minimum atomic E-state index is 0.558. The molecule has 12 rings (SSSR count). The molecule has 0 aliphatic rings. The number of benzene rings is 8. The van der Waals surface area contributed by atoms with Crippen LogP contribution >= 0.6 is 0 Å². The largest absolute Gasteiger partial charge is 0.456 e. The lowest BCUT2D eigenvalue weighted by atomic mass is 9.90. The third kappa shape index (κ3) is 6.25. The van der Waals surface area contributed by atoms with Crippen molar-refractivity contribution in [1.29, 1.82) is 0 Å². The third-order valence-electron chi connectivity index (χ3n) is 11.8. The monoisotopic (exact) mass is 804 g/mol. The summed E-state index contributed by atoms with van der Waals surface area (Å²) in [5.41, 5.74) is 12.8. The van der Waals surface area contributed by atoms with Gasteiger partial charge in [-0.25, -0.2) is 19.8 Å². The predicted molar refractivity (Wildman–Crippen MR) is 254 cm³/mol. The van der Waals surface area contributed by atoms with Gasteiger partial charge in [-0.3, -0.25) is 9.97 Å². The van der Waals surface area contributed by atoms with Crippen LogP contribution in [0.25, 0.3) is 127 Å². The minimum Gasteiger partial charge on any atom is -0.456 e. The van der Waals surface area contributed by atoms with Crippen LogP contribution in [0.5, 0.6) is 0 Å². The molecule has 0 radical (unpaired) electrons. The van der Waals surface area contributed by atoms with E-state index in [1.54, 1.807) is 0 Å².